The maximum Gasteiger partial charge on any atom is 0.253 e. The zero-order valence-electron chi connectivity index (χ0n) is 14.6. The molecule has 1 aromatic carbocycles. The lowest BCUT2D eigenvalue weighted by molar-refractivity contribution is 0.0706. The maximum absolute atomic E-state index is 12.8. The van der Waals surface area contributed by atoms with Gasteiger partial charge in [-0.25, -0.2) is 18.4 Å². The number of likely N-dealkylation sites (tertiary alicyclic amines) is 1. The molecule has 3 rings (SSSR count). The summed E-state index contributed by atoms with van der Waals surface area (Å²) in [6.07, 6.45) is 5.18. The number of benzene rings is 1. The average molecular weight is 374 g/mol. The minimum Gasteiger partial charge on any atom is -0.338 e. The Labute approximate surface area is 153 Å². The Morgan fingerprint density at radius 1 is 1.27 bits per heavy atom. The molecule has 1 amide bonds. The highest BCUT2D eigenvalue weighted by Crippen LogP contribution is 2.26. The molecule has 2 heterocycles. The van der Waals surface area contributed by atoms with Crippen LogP contribution in [0.5, 0.6) is 0 Å². The second kappa shape index (κ2) is 7.82. The van der Waals surface area contributed by atoms with Gasteiger partial charge in [0.15, 0.2) is 0 Å². The third-order valence-electron chi connectivity index (χ3n) is 4.52. The quantitative estimate of drug-likeness (QED) is 0.867. The van der Waals surface area contributed by atoms with Crippen molar-refractivity contribution in [3.63, 3.8) is 0 Å². The van der Waals surface area contributed by atoms with Gasteiger partial charge in [-0.2, -0.15) is 0 Å². The van der Waals surface area contributed by atoms with Gasteiger partial charge >= 0.3 is 0 Å². The molecule has 7 nitrogen and oxygen atoms in total. The lowest BCUT2D eigenvalue weighted by atomic mass is 9.94. The summed E-state index contributed by atoms with van der Waals surface area (Å²) in [4.78, 5) is 22.9. The molecule has 8 heteroatoms. The minimum atomic E-state index is -3.32. The molecule has 1 aromatic heterocycles. The molecular formula is C18H22N4O3S. The summed E-state index contributed by atoms with van der Waals surface area (Å²) in [5, 5.41) is 0. The van der Waals surface area contributed by atoms with Crippen LogP contribution in [0.25, 0.3) is 0 Å². The largest absolute Gasteiger partial charge is 0.338 e. The van der Waals surface area contributed by atoms with E-state index in [-0.39, 0.29) is 17.6 Å². The van der Waals surface area contributed by atoms with Gasteiger partial charge in [0.2, 0.25) is 10.0 Å². The Morgan fingerprint density at radius 2 is 2.04 bits per heavy atom. The van der Waals surface area contributed by atoms with Crippen LogP contribution < -0.4 is 4.72 Å². The smallest absolute Gasteiger partial charge is 0.253 e. The molecule has 2 aromatic rings. The third-order valence-corrected chi connectivity index (χ3v) is 5.82. The first-order valence-corrected chi connectivity index (χ1v) is 10.3. The summed E-state index contributed by atoms with van der Waals surface area (Å²) in [5.41, 5.74) is 1.97. The topological polar surface area (TPSA) is 92.3 Å². The van der Waals surface area contributed by atoms with Crippen LogP contribution >= 0.6 is 0 Å². The number of amides is 1. The van der Waals surface area contributed by atoms with E-state index in [1.807, 2.05) is 11.0 Å². The van der Waals surface area contributed by atoms with Gasteiger partial charge in [-0.1, -0.05) is 0 Å². The van der Waals surface area contributed by atoms with Crippen LogP contribution in [0.2, 0.25) is 0 Å². The number of hydrogen-bond acceptors (Lipinski definition) is 5. The molecule has 0 aliphatic carbocycles. The van der Waals surface area contributed by atoms with Gasteiger partial charge in [0.25, 0.3) is 5.91 Å². The lowest BCUT2D eigenvalue weighted by Crippen LogP contribution is -2.39. The van der Waals surface area contributed by atoms with Crippen molar-refractivity contribution in [2.24, 2.45) is 0 Å². The van der Waals surface area contributed by atoms with Crippen LogP contribution in [0.1, 0.15) is 41.7 Å². The Bertz CT molecular complexity index is 854. The molecule has 1 fully saturated rings. The number of piperidine rings is 1. The number of rotatable bonds is 5. The zero-order chi connectivity index (χ0) is 18.6. The van der Waals surface area contributed by atoms with Crippen LogP contribution in [0.15, 0.2) is 42.9 Å². The molecule has 0 saturated carbocycles. The van der Waals surface area contributed by atoms with Gasteiger partial charge in [-0.05, 0) is 50.1 Å². The van der Waals surface area contributed by atoms with Crippen LogP contribution in [0, 0.1) is 0 Å². The predicted molar refractivity (Wildman–Crippen MR) is 99.4 cm³/mol. The summed E-state index contributed by atoms with van der Waals surface area (Å²) >= 11 is 0. The van der Waals surface area contributed by atoms with E-state index < -0.39 is 10.0 Å². The fourth-order valence-electron chi connectivity index (χ4n) is 3.06. The number of carbonyl (C=O) groups excluding carboxylic acids is 1. The minimum absolute atomic E-state index is 0.00584. The van der Waals surface area contributed by atoms with Gasteiger partial charge < -0.3 is 4.90 Å². The second-order valence-electron chi connectivity index (χ2n) is 6.31. The highest BCUT2D eigenvalue weighted by atomic mass is 32.2. The van der Waals surface area contributed by atoms with Crippen molar-refractivity contribution in [3.05, 3.63) is 54.1 Å². The summed E-state index contributed by atoms with van der Waals surface area (Å²) in [7, 11) is -3.32. The molecule has 1 aliphatic rings. The number of nitrogens with zero attached hydrogens (tertiary/aromatic N) is 3. The van der Waals surface area contributed by atoms with Crippen LogP contribution in [0.3, 0.4) is 0 Å². The molecule has 0 spiro atoms. The van der Waals surface area contributed by atoms with Gasteiger partial charge in [0.05, 0.1) is 5.75 Å². The molecule has 0 unspecified atom stereocenters. The number of anilines is 1. The lowest BCUT2D eigenvalue weighted by Gasteiger charge is -2.32. The van der Waals surface area contributed by atoms with Crippen LogP contribution in [-0.2, 0) is 10.0 Å². The highest BCUT2D eigenvalue weighted by molar-refractivity contribution is 7.92. The first kappa shape index (κ1) is 18.3. The zero-order valence-corrected chi connectivity index (χ0v) is 15.4. The van der Waals surface area contributed by atoms with Gasteiger partial charge in [0, 0.05) is 42.1 Å². The van der Waals surface area contributed by atoms with Crippen molar-refractivity contribution in [1.82, 2.24) is 14.9 Å². The summed E-state index contributed by atoms with van der Waals surface area (Å²) < 4.78 is 25.7. The number of aromatic nitrogens is 2. The maximum atomic E-state index is 12.8. The number of sulfonamides is 1. The van der Waals surface area contributed by atoms with E-state index in [4.69, 9.17) is 0 Å². The molecule has 138 valence electrons. The van der Waals surface area contributed by atoms with E-state index in [0.717, 1.165) is 18.5 Å². The van der Waals surface area contributed by atoms with E-state index in [9.17, 15) is 13.2 Å². The van der Waals surface area contributed by atoms with Crippen molar-refractivity contribution >= 4 is 21.6 Å². The van der Waals surface area contributed by atoms with E-state index in [1.54, 1.807) is 37.4 Å². The molecule has 1 aliphatic heterocycles. The van der Waals surface area contributed by atoms with Crippen molar-refractivity contribution in [1.29, 1.82) is 0 Å². The van der Waals surface area contributed by atoms with Gasteiger partial charge in [-0.3, -0.25) is 9.52 Å². The highest BCUT2D eigenvalue weighted by Gasteiger charge is 2.26. The van der Waals surface area contributed by atoms with E-state index in [2.05, 4.69) is 14.7 Å². The SMILES string of the molecule is CCS(=O)(=O)Nc1ccc(C(=O)N2CCC[C@H](c3ccncn3)C2)cc1. The number of nitrogens with one attached hydrogen (secondary N) is 1. The molecule has 0 radical (unpaired) electrons. The Kier molecular flexibility index (Phi) is 5.51. The van der Waals surface area contributed by atoms with Crippen molar-refractivity contribution < 1.29 is 13.2 Å². The molecule has 1 atom stereocenters. The fourth-order valence-corrected chi connectivity index (χ4v) is 3.70. The van der Waals surface area contributed by atoms with Gasteiger partial charge in [-0.15, -0.1) is 0 Å². The van der Waals surface area contributed by atoms with Crippen molar-refractivity contribution in [3.8, 4) is 0 Å². The van der Waals surface area contributed by atoms with E-state index in [1.165, 1.54) is 6.33 Å². The van der Waals surface area contributed by atoms with Crippen LogP contribution in [-0.4, -0.2) is 48.0 Å². The Hall–Kier alpha value is -2.48. The normalized spacial score (nSPS) is 17.7. The third kappa shape index (κ3) is 4.37. The average Bonchev–Trinajstić information content (AvgIpc) is 2.68. The predicted octanol–water partition coefficient (Wildman–Crippen LogP) is 2.26. The van der Waals surface area contributed by atoms with E-state index in [0.29, 0.717) is 24.3 Å². The van der Waals surface area contributed by atoms with Gasteiger partial charge in [0.1, 0.15) is 6.33 Å². The molecule has 0 bridgehead atoms. The monoisotopic (exact) mass is 374 g/mol. The molecule has 1 N–H and O–H groups in total. The number of carbonyl (C=O) groups is 1. The summed E-state index contributed by atoms with van der Waals surface area (Å²) in [5.74, 6) is 0.173. The Balaban J connectivity index is 1.69. The molecule has 26 heavy (non-hydrogen) atoms. The van der Waals surface area contributed by atoms with Crippen LogP contribution in [0.4, 0.5) is 5.69 Å². The van der Waals surface area contributed by atoms with E-state index >= 15 is 0 Å². The first-order valence-electron chi connectivity index (χ1n) is 8.64. The second-order valence-corrected chi connectivity index (χ2v) is 8.32. The number of hydrogen-bond donors (Lipinski definition) is 1. The molecular weight excluding hydrogens is 352 g/mol. The Morgan fingerprint density at radius 3 is 2.69 bits per heavy atom. The first-order chi connectivity index (χ1) is 12.5. The summed E-state index contributed by atoms with van der Waals surface area (Å²) in [6, 6.07) is 8.44. The standard InChI is InChI=1S/C18H22N4O3S/c1-2-26(24,25)21-16-7-5-14(6-8-16)18(23)22-11-3-4-15(12-22)17-9-10-19-13-20-17/h5-10,13,15,21H,2-4,11-12H2,1H3/t15-/m0/s1. The molecule has 1 saturated heterocycles. The van der Waals surface area contributed by atoms with Crippen molar-refractivity contribution in [2.45, 2.75) is 25.7 Å². The fraction of sp³-hybridized carbons (Fsp3) is 0.389. The van der Waals surface area contributed by atoms with Crippen molar-refractivity contribution in [2.75, 3.05) is 23.6 Å². The summed E-state index contributed by atoms with van der Waals surface area (Å²) in [6.45, 7) is 2.91.